The number of hydrogen-bond acceptors (Lipinski definition) is 3. The summed E-state index contributed by atoms with van der Waals surface area (Å²) in [6, 6.07) is 4.59. The second-order valence-electron chi connectivity index (χ2n) is 4.38. The normalized spacial score (nSPS) is 26.1. The Labute approximate surface area is 105 Å². The van der Waals surface area contributed by atoms with Crippen LogP contribution in [0.15, 0.2) is 23.1 Å². The van der Waals surface area contributed by atoms with Crippen molar-refractivity contribution in [1.29, 1.82) is 0 Å². The van der Waals surface area contributed by atoms with Crippen molar-refractivity contribution in [2.45, 2.75) is 42.6 Å². The predicted octanol–water partition coefficient (Wildman–Crippen LogP) is 3.15. The summed E-state index contributed by atoms with van der Waals surface area (Å²) < 4.78 is 18.7. The first kappa shape index (κ1) is 12.9. The van der Waals surface area contributed by atoms with Gasteiger partial charge < -0.3 is 9.84 Å². The number of benzene rings is 1. The minimum absolute atomic E-state index is 0.215. The first-order chi connectivity index (χ1) is 8.08. The maximum Gasteiger partial charge on any atom is 0.123 e. The summed E-state index contributed by atoms with van der Waals surface area (Å²) in [5, 5.41) is 10.0. The van der Waals surface area contributed by atoms with Crippen LogP contribution < -0.4 is 0 Å². The highest BCUT2D eigenvalue weighted by atomic mass is 32.2. The van der Waals surface area contributed by atoms with Gasteiger partial charge in [0.05, 0.1) is 12.2 Å². The second-order valence-corrected chi connectivity index (χ2v) is 5.66. The van der Waals surface area contributed by atoms with Crippen molar-refractivity contribution in [3.05, 3.63) is 29.6 Å². The topological polar surface area (TPSA) is 29.5 Å². The summed E-state index contributed by atoms with van der Waals surface area (Å²) >= 11 is 1.67. The number of halogens is 1. The van der Waals surface area contributed by atoms with E-state index in [9.17, 15) is 9.50 Å². The first-order valence-corrected chi connectivity index (χ1v) is 6.71. The molecule has 17 heavy (non-hydrogen) atoms. The molecule has 2 nitrogen and oxygen atoms in total. The van der Waals surface area contributed by atoms with Crippen LogP contribution >= 0.6 is 11.8 Å². The molecule has 3 atom stereocenters. The van der Waals surface area contributed by atoms with Crippen LogP contribution in [0.4, 0.5) is 4.39 Å². The van der Waals surface area contributed by atoms with E-state index in [1.54, 1.807) is 24.8 Å². The molecule has 2 unspecified atom stereocenters. The Balaban J connectivity index is 2.19. The number of ether oxygens (including phenoxy) is 1. The van der Waals surface area contributed by atoms with Crippen molar-refractivity contribution in [3.63, 3.8) is 0 Å². The molecule has 1 fully saturated rings. The lowest BCUT2D eigenvalue weighted by Gasteiger charge is -2.17. The molecule has 0 bridgehead atoms. The van der Waals surface area contributed by atoms with Gasteiger partial charge in [-0.15, -0.1) is 11.8 Å². The molecule has 94 valence electrons. The number of thioether (sulfide) groups is 1. The molecule has 1 aromatic rings. The number of hydrogen-bond donors (Lipinski definition) is 1. The SMILES string of the molecule is CC1OCCC1Sc1ccc(F)cc1[C@@H](C)O. The van der Waals surface area contributed by atoms with Crippen molar-refractivity contribution >= 4 is 11.8 Å². The lowest BCUT2D eigenvalue weighted by molar-refractivity contribution is 0.127. The lowest BCUT2D eigenvalue weighted by atomic mass is 10.1. The Kier molecular flexibility index (Phi) is 4.07. The van der Waals surface area contributed by atoms with Gasteiger partial charge in [-0.25, -0.2) is 4.39 Å². The summed E-state index contributed by atoms with van der Waals surface area (Å²) in [7, 11) is 0. The van der Waals surface area contributed by atoms with Crippen LogP contribution in [0.2, 0.25) is 0 Å². The highest BCUT2D eigenvalue weighted by Crippen LogP contribution is 2.36. The molecule has 0 amide bonds. The molecule has 2 rings (SSSR count). The van der Waals surface area contributed by atoms with Gasteiger partial charge in [-0.3, -0.25) is 0 Å². The quantitative estimate of drug-likeness (QED) is 0.901. The first-order valence-electron chi connectivity index (χ1n) is 5.83. The van der Waals surface area contributed by atoms with E-state index in [2.05, 4.69) is 6.92 Å². The molecular weight excluding hydrogens is 239 g/mol. The van der Waals surface area contributed by atoms with E-state index in [0.717, 1.165) is 17.9 Å². The van der Waals surface area contributed by atoms with Gasteiger partial charge in [0.25, 0.3) is 0 Å². The molecule has 0 saturated carbocycles. The lowest BCUT2D eigenvalue weighted by Crippen LogP contribution is -2.13. The van der Waals surface area contributed by atoms with Crippen molar-refractivity contribution in [3.8, 4) is 0 Å². The summed E-state index contributed by atoms with van der Waals surface area (Å²) in [4.78, 5) is 0.948. The van der Waals surface area contributed by atoms with Gasteiger partial charge in [0, 0.05) is 16.8 Å². The molecule has 4 heteroatoms. The summed E-state index contributed by atoms with van der Waals surface area (Å²) in [5.74, 6) is -0.305. The number of rotatable bonds is 3. The van der Waals surface area contributed by atoms with Gasteiger partial charge in [-0.1, -0.05) is 0 Å². The van der Waals surface area contributed by atoms with Gasteiger partial charge in [0.1, 0.15) is 5.82 Å². The van der Waals surface area contributed by atoms with Gasteiger partial charge in [0.15, 0.2) is 0 Å². The average molecular weight is 256 g/mol. The minimum atomic E-state index is -0.647. The maximum atomic E-state index is 13.2. The van der Waals surface area contributed by atoms with Gasteiger partial charge in [-0.05, 0) is 44.0 Å². The van der Waals surface area contributed by atoms with Crippen LogP contribution in [0.25, 0.3) is 0 Å². The van der Waals surface area contributed by atoms with Crippen LogP contribution in [0.5, 0.6) is 0 Å². The van der Waals surface area contributed by atoms with Crippen molar-refractivity contribution < 1.29 is 14.2 Å². The zero-order valence-electron chi connectivity index (χ0n) is 10.0. The molecule has 1 saturated heterocycles. The summed E-state index contributed by atoms with van der Waals surface area (Å²) in [5.41, 5.74) is 0.661. The molecule has 1 N–H and O–H groups in total. The largest absolute Gasteiger partial charge is 0.389 e. The van der Waals surface area contributed by atoms with Crippen molar-refractivity contribution in [1.82, 2.24) is 0 Å². The van der Waals surface area contributed by atoms with Gasteiger partial charge >= 0.3 is 0 Å². The third kappa shape index (κ3) is 3.00. The standard InChI is InChI=1S/C13H17FO2S/c1-8(15)11-7-10(14)3-4-13(11)17-12-5-6-16-9(12)2/h3-4,7-9,12,15H,5-6H2,1-2H3/t8-,9?,12?/m1/s1. The Hall–Kier alpha value is -0.580. The van der Waals surface area contributed by atoms with Crippen LogP contribution in [0.3, 0.4) is 0 Å². The zero-order valence-corrected chi connectivity index (χ0v) is 10.8. The Morgan fingerprint density at radius 1 is 1.53 bits per heavy atom. The van der Waals surface area contributed by atoms with E-state index >= 15 is 0 Å². The van der Waals surface area contributed by atoms with Crippen LogP contribution in [0, 0.1) is 5.82 Å². The number of aliphatic hydroxyl groups excluding tert-OH is 1. The third-order valence-corrected chi connectivity index (χ3v) is 4.55. The molecule has 0 spiro atoms. The monoisotopic (exact) mass is 256 g/mol. The molecular formula is C13H17FO2S. The molecule has 1 aromatic carbocycles. The maximum absolute atomic E-state index is 13.2. The van der Waals surface area contributed by atoms with E-state index in [0.29, 0.717) is 10.8 Å². The van der Waals surface area contributed by atoms with Crippen LogP contribution in [0.1, 0.15) is 31.9 Å². The van der Waals surface area contributed by atoms with E-state index in [1.165, 1.54) is 12.1 Å². The smallest absolute Gasteiger partial charge is 0.123 e. The van der Waals surface area contributed by atoms with E-state index in [1.807, 2.05) is 0 Å². The average Bonchev–Trinajstić information content (AvgIpc) is 2.67. The fourth-order valence-electron chi connectivity index (χ4n) is 1.98. The fraction of sp³-hybridized carbons (Fsp3) is 0.538. The molecule has 1 aliphatic rings. The Bertz CT molecular complexity index is 395. The van der Waals surface area contributed by atoms with Gasteiger partial charge in [-0.2, -0.15) is 0 Å². The zero-order chi connectivity index (χ0) is 12.4. The van der Waals surface area contributed by atoms with Gasteiger partial charge in [0.2, 0.25) is 0 Å². The third-order valence-electron chi connectivity index (χ3n) is 3.01. The molecule has 1 aliphatic heterocycles. The second kappa shape index (κ2) is 5.38. The van der Waals surface area contributed by atoms with Crippen molar-refractivity contribution in [2.75, 3.05) is 6.61 Å². The summed E-state index contributed by atoms with van der Waals surface area (Å²) in [6.07, 6.45) is 0.570. The van der Waals surface area contributed by atoms with E-state index < -0.39 is 6.10 Å². The molecule has 0 aromatic heterocycles. The van der Waals surface area contributed by atoms with Crippen molar-refractivity contribution in [2.24, 2.45) is 0 Å². The fourth-order valence-corrected chi connectivity index (χ4v) is 3.31. The van der Waals surface area contributed by atoms with E-state index in [4.69, 9.17) is 4.74 Å². The Morgan fingerprint density at radius 3 is 2.88 bits per heavy atom. The highest BCUT2D eigenvalue weighted by molar-refractivity contribution is 8.00. The van der Waals surface area contributed by atoms with Crippen LogP contribution in [-0.2, 0) is 4.74 Å². The molecule has 0 aliphatic carbocycles. The van der Waals surface area contributed by atoms with Crippen LogP contribution in [-0.4, -0.2) is 23.1 Å². The Morgan fingerprint density at radius 2 is 2.29 bits per heavy atom. The molecule has 1 heterocycles. The van der Waals surface area contributed by atoms with E-state index in [-0.39, 0.29) is 11.9 Å². The predicted molar refractivity (Wildman–Crippen MR) is 66.7 cm³/mol. The molecule has 0 radical (unpaired) electrons. The summed E-state index contributed by atoms with van der Waals surface area (Å²) in [6.45, 7) is 4.49. The highest BCUT2D eigenvalue weighted by Gasteiger charge is 2.26. The number of aliphatic hydroxyl groups is 1. The minimum Gasteiger partial charge on any atom is -0.389 e.